The molecule has 0 bridgehead atoms. The van der Waals surface area contributed by atoms with Crippen LogP contribution in [0.1, 0.15) is 12.5 Å². The number of carbonyl (C=O) groups is 1. The van der Waals surface area contributed by atoms with Gasteiger partial charge in [-0.2, -0.15) is 0 Å². The van der Waals surface area contributed by atoms with E-state index in [1.807, 2.05) is 42.8 Å². The molecule has 27 heavy (non-hydrogen) atoms. The van der Waals surface area contributed by atoms with E-state index in [0.29, 0.717) is 25.5 Å². The first-order chi connectivity index (χ1) is 12.9. The van der Waals surface area contributed by atoms with Crippen LogP contribution in [-0.4, -0.2) is 56.5 Å². The van der Waals surface area contributed by atoms with Gasteiger partial charge < -0.3 is 20.6 Å². The molecule has 3 N–H and O–H groups in total. The molecule has 0 unspecified atom stereocenters. The second kappa shape index (κ2) is 6.46. The number of anilines is 2. The number of pyridine rings is 1. The number of aryl methyl sites for hydroxylation is 1. The molecule has 3 heterocycles. The normalized spacial score (nSPS) is 17.5. The lowest BCUT2D eigenvalue weighted by atomic mass is 10.1. The van der Waals surface area contributed by atoms with E-state index in [1.165, 1.54) is 4.90 Å². The Kier molecular flexibility index (Phi) is 4.10. The van der Waals surface area contributed by atoms with E-state index in [4.69, 9.17) is 5.73 Å². The lowest BCUT2D eigenvalue weighted by molar-refractivity contribution is 0.136. The Bertz CT molecular complexity index is 1010. The van der Waals surface area contributed by atoms with Gasteiger partial charge in [0.2, 0.25) is 0 Å². The highest BCUT2D eigenvalue weighted by Crippen LogP contribution is 2.27. The number of hydrogen-bond acceptors (Lipinski definition) is 5. The Hall–Kier alpha value is -3.29. The first-order valence-corrected chi connectivity index (χ1v) is 8.90. The molecule has 1 atom stereocenters. The number of fused-ring (bicyclic) bond motifs is 1. The van der Waals surface area contributed by atoms with Gasteiger partial charge in [0.25, 0.3) is 0 Å². The molecule has 0 radical (unpaired) electrons. The highest BCUT2D eigenvalue weighted by molar-refractivity contribution is 5.90. The number of hydrogen-bond donors (Lipinski definition) is 2. The van der Waals surface area contributed by atoms with Crippen LogP contribution in [0, 0.1) is 6.92 Å². The summed E-state index contributed by atoms with van der Waals surface area (Å²) in [6.45, 7) is 5.56. The fourth-order valence-corrected chi connectivity index (χ4v) is 3.61. The van der Waals surface area contributed by atoms with Crippen LogP contribution in [0.4, 0.5) is 16.4 Å². The molecule has 8 heteroatoms. The molecule has 1 saturated heterocycles. The number of carboxylic acid groups (broad SMARTS) is 1. The van der Waals surface area contributed by atoms with Crippen LogP contribution in [0.15, 0.2) is 36.5 Å². The van der Waals surface area contributed by atoms with E-state index >= 15 is 0 Å². The van der Waals surface area contributed by atoms with Crippen LogP contribution in [0.3, 0.4) is 0 Å². The third kappa shape index (κ3) is 3.03. The average Bonchev–Trinajstić information content (AvgIpc) is 2.97. The summed E-state index contributed by atoms with van der Waals surface area (Å²) >= 11 is 0. The second-order valence-electron chi connectivity index (χ2n) is 6.96. The number of piperazine rings is 1. The zero-order valence-electron chi connectivity index (χ0n) is 15.3. The minimum absolute atomic E-state index is 0.0410. The molecule has 1 aromatic carbocycles. The van der Waals surface area contributed by atoms with Gasteiger partial charge >= 0.3 is 6.09 Å². The van der Waals surface area contributed by atoms with Crippen molar-refractivity contribution in [2.75, 3.05) is 30.3 Å². The highest BCUT2D eigenvalue weighted by Gasteiger charge is 2.27. The summed E-state index contributed by atoms with van der Waals surface area (Å²) in [6, 6.07) is 9.98. The quantitative estimate of drug-likeness (QED) is 0.723. The summed E-state index contributed by atoms with van der Waals surface area (Å²) in [5.41, 5.74) is 9.05. The first kappa shape index (κ1) is 17.1. The molecule has 1 amide bonds. The van der Waals surface area contributed by atoms with Gasteiger partial charge in [0.1, 0.15) is 5.82 Å². The maximum Gasteiger partial charge on any atom is 0.407 e. The highest BCUT2D eigenvalue weighted by atomic mass is 16.4. The van der Waals surface area contributed by atoms with Gasteiger partial charge in [0.05, 0.1) is 11.2 Å². The lowest BCUT2D eigenvalue weighted by Crippen LogP contribution is -2.53. The van der Waals surface area contributed by atoms with Gasteiger partial charge in [-0.05, 0) is 37.6 Å². The molecule has 8 nitrogen and oxygen atoms in total. The number of nitrogens with zero attached hydrogens (tertiary/aromatic N) is 5. The number of benzene rings is 1. The van der Waals surface area contributed by atoms with Crippen LogP contribution in [0.5, 0.6) is 0 Å². The number of aromatic nitrogens is 3. The Morgan fingerprint density at radius 1 is 1.26 bits per heavy atom. The van der Waals surface area contributed by atoms with E-state index < -0.39 is 6.09 Å². The van der Waals surface area contributed by atoms with Crippen molar-refractivity contribution < 1.29 is 9.90 Å². The van der Waals surface area contributed by atoms with Gasteiger partial charge in [-0.3, -0.25) is 0 Å². The van der Waals surface area contributed by atoms with Crippen molar-refractivity contribution in [1.29, 1.82) is 0 Å². The van der Waals surface area contributed by atoms with Crippen molar-refractivity contribution in [2.24, 2.45) is 0 Å². The summed E-state index contributed by atoms with van der Waals surface area (Å²) in [7, 11) is 0. The monoisotopic (exact) mass is 366 g/mol. The smallest absolute Gasteiger partial charge is 0.407 e. The SMILES string of the molecule is Cc1ccc2c(N)nn(-c3ccnc(N4CCN(C(=O)O)C[C@@H]4C)c3)c2c1. The first-order valence-electron chi connectivity index (χ1n) is 8.90. The summed E-state index contributed by atoms with van der Waals surface area (Å²) in [5, 5.41) is 14.6. The van der Waals surface area contributed by atoms with Crippen LogP contribution < -0.4 is 10.6 Å². The van der Waals surface area contributed by atoms with Gasteiger partial charge in [-0.25, -0.2) is 14.5 Å². The average molecular weight is 366 g/mol. The van der Waals surface area contributed by atoms with Crippen LogP contribution in [-0.2, 0) is 0 Å². The summed E-state index contributed by atoms with van der Waals surface area (Å²) in [6.07, 6.45) is 0.873. The Morgan fingerprint density at radius 2 is 2.07 bits per heavy atom. The number of nitrogens with two attached hydrogens (primary N) is 1. The maximum atomic E-state index is 11.2. The van der Waals surface area contributed by atoms with Gasteiger partial charge in [0.15, 0.2) is 5.82 Å². The lowest BCUT2D eigenvalue weighted by Gasteiger charge is -2.39. The van der Waals surface area contributed by atoms with Crippen molar-refractivity contribution in [3.05, 3.63) is 42.1 Å². The minimum atomic E-state index is -0.878. The van der Waals surface area contributed by atoms with Gasteiger partial charge in [0, 0.05) is 43.3 Å². The Balaban J connectivity index is 1.70. The summed E-state index contributed by atoms with van der Waals surface area (Å²) in [5.74, 6) is 1.30. The molecule has 3 aromatic rings. The van der Waals surface area contributed by atoms with E-state index in [0.717, 1.165) is 28.0 Å². The molecule has 1 aliphatic heterocycles. The van der Waals surface area contributed by atoms with E-state index in [1.54, 1.807) is 6.20 Å². The van der Waals surface area contributed by atoms with Crippen LogP contribution in [0.2, 0.25) is 0 Å². The van der Waals surface area contributed by atoms with Crippen molar-refractivity contribution in [3.63, 3.8) is 0 Å². The Labute approximate surface area is 156 Å². The second-order valence-corrected chi connectivity index (χ2v) is 6.96. The van der Waals surface area contributed by atoms with E-state index in [2.05, 4.69) is 21.0 Å². The fraction of sp³-hybridized carbons (Fsp3) is 0.316. The fourth-order valence-electron chi connectivity index (χ4n) is 3.61. The topological polar surface area (TPSA) is 101 Å². The van der Waals surface area contributed by atoms with Crippen molar-refractivity contribution in [2.45, 2.75) is 19.9 Å². The molecule has 1 aliphatic rings. The largest absolute Gasteiger partial charge is 0.465 e. The molecule has 4 rings (SSSR count). The molecule has 0 spiro atoms. The van der Waals surface area contributed by atoms with Crippen LogP contribution in [0.25, 0.3) is 16.6 Å². The molecule has 1 fully saturated rings. The Morgan fingerprint density at radius 3 is 2.81 bits per heavy atom. The van der Waals surface area contributed by atoms with Crippen molar-refractivity contribution in [3.8, 4) is 5.69 Å². The standard InChI is InChI=1S/C19H22N6O2/c1-12-3-4-15-16(9-12)25(22-18(15)20)14-5-6-21-17(10-14)24-8-7-23(19(26)27)11-13(24)2/h3-6,9-10,13H,7-8,11H2,1-2H3,(H2,20,22)(H,26,27)/t13-/m0/s1. The molecular weight excluding hydrogens is 344 g/mol. The minimum Gasteiger partial charge on any atom is -0.465 e. The molecular formula is C19H22N6O2. The van der Waals surface area contributed by atoms with Gasteiger partial charge in [-0.15, -0.1) is 5.10 Å². The zero-order valence-corrected chi connectivity index (χ0v) is 15.3. The zero-order chi connectivity index (χ0) is 19.1. The maximum absolute atomic E-state index is 11.2. The summed E-state index contributed by atoms with van der Waals surface area (Å²) < 4.78 is 1.83. The predicted molar refractivity (Wildman–Crippen MR) is 104 cm³/mol. The van der Waals surface area contributed by atoms with Crippen LogP contribution >= 0.6 is 0 Å². The third-order valence-corrected chi connectivity index (χ3v) is 5.03. The molecule has 0 saturated carbocycles. The number of amides is 1. The van der Waals surface area contributed by atoms with E-state index in [9.17, 15) is 9.90 Å². The van der Waals surface area contributed by atoms with Gasteiger partial charge in [-0.1, -0.05) is 6.07 Å². The molecule has 2 aromatic heterocycles. The number of nitrogen functional groups attached to an aromatic ring is 1. The number of rotatable bonds is 2. The predicted octanol–water partition coefficient (Wildman–Crippen LogP) is 2.50. The third-order valence-electron chi connectivity index (χ3n) is 5.03. The van der Waals surface area contributed by atoms with Crippen molar-refractivity contribution >= 4 is 28.6 Å². The molecule has 140 valence electrons. The van der Waals surface area contributed by atoms with E-state index in [-0.39, 0.29) is 6.04 Å². The summed E-state index contributed by atoms with van der Waals surface area (Å²) in [4.78, 5) is 19.3. The molecule has 0 aliphatic carbocycles. The van der Waals surface area contributed by atoms with Crippen molar-refractivity contribution in [1.82, 2.24) is 19.7 Å².